The van der Waals surface area contributed by atoms with E-state index < -0.39 is 5.91 Å². The minimum Gasteiger partial charge on any atom is -0.493 e. The monoisotopic (exact) mass is 661 g/mol. The molecule has 1 amide bonds. The summed E-state index contributed by atoms with van der Waals surface area (Å²) < 4.78 is 32.0. The molecule has 2 aromatic heterocycles. The first kappa shape index (κ1) is 28.6. The van der Waals surface area contributed by atoms with Crippen LogP contribution in [0.3, 0.4) is 0 Å². The molecule has 0 bridgehead atoms. The number of aliphatic imine (C=N–C) groups is 1. The number of methoxy groups -OCH3 is 1. The first-order valence-corrected chi connectivity index (χ1v) is 14.6. The van der Waals surface area contributed by atoms with E-state index in [1.807, 2.05) is 0 Å². The Morgan fingerprint density at radius 3 is 2.88 bits per heavy atom. The van der Waals surface area contributed by atoms with Crippen LogP contribution in [0.4, 0.5) is 10.2 Å². The lowest BCUT2D eigenvalue weighted by atomic mass is 10.2. The summed E-state index contributed by atoms with van der Waals surface area (Å²) in [6, 6.07) is 9.45. The van der Waals surface area contributed by atoms with Crippen molar-refractivity contribution in [2.45, 2.75) is 12.4 Å². The molecule has 1 aliphatic rings. The van der Waals surface area contributed by atoms with Crippen molar-refractivity contribution in [1.29, 1.82) is 0 Å². The second-order valence-electron chi connectivity index (χ2n) is 8.20. The SMILES string of the molecule is COc1cc(C=NNC(=O)c2nnn(-c3nonc3N)c2CSC2=NCCS2)cc(Br)c1OCc1ccc(F)cc1. The van der Waals surface area contributed by atoms with Gasteiger partial charge in [-0.15, -0.1) is 5.10 Å². The van der Waals surface area contributed by atoms with Crippen LogP contribution in [0.25, 0.3) is 5.82 Å². The van der Waals surface area contributed by atoms with Crippen LogP contribution >= 0.6 is 39.5 Å². The van der Waals surface area contributed by atoms with Gasteiger partial charge in [-0.05, 0) is 61.6 Å². The van der Waals surface area contributed by atoms with Gasteiger partial charge in [0.25, 0.3) is 5.91 Å². The van der Waals surface area contributed by atoms with Crippen molar-refractivity contribution in [3.63, 3.8) is 0 Å². The van der Waals surface area contributed by atoms with E-state index in [-0.39, 0.29) is 29.8 Å². The number of benzene rings is 2. The third-order valence-electron chi connectivity index (χ3n) is 5.49. The van der Waals surface area contributed by atoms with Gasteiger partial charge in [0.15, 0.2) is 17.2 Å². The molecule has 0 unspecified atom stereocenters. The number of hydrazone groups is 1. The number of ether oxygens (including phenoxy) is 2. The summed E-state index contributed by atoms with van der Waals surface area (Å²) in [5.41, 5.74) is 10.2. The highest BCUT2D eigenvalue weighted by molar-refractivity contribution is 9.10. The molecule has 5 rings (SSSR count). The quantitative estimate of drug-likeness (QED) is 0.187. The molecule has 2 aromatic carbocycles. The highest BCUT2D eigenvalue weighted by Gasteiger charge is 2.25. The molecule has 0 radical (unpaired) electrons. The number of thioether (sulfide) groups is 2. The summed E-state index contributed by atoms with van der Waals surface area (Å²) in [6.07, 6.45) is 1.44. The lowest BCUT2D eigenvalue weighted by molar-refractivity contribution is 0.0949. The van der Waals surface area contributed by atoms with E-state index in [2.05, 4.69) is 56.7 Å². The van der Waals surface area contributed by atoms with Gasteiger partial charge in [-0.2, -0.15) is 9.78 Å². The van der Waals surface area contributed by atoms with Gasteiger partial charge in [-0.1, -0.05) is 40.9 Å². The van der Waals surface area contributed by atoms with Crippen molar-refractivity contribution in [2.75, 3.05) is 25.1 Å². The normalized spacial score (nSPS) is 13.0. The first-order chi connectivity index (χ1) is 19.9. The van der Waals surface area contributed by atoms with Crippen molar-refractivity contribution >= 4 is 61.8 Å². The van der Waals surface area contributed by atoms with Gasteiger partial charge >= 0.3 is 0 Å². The number of carbonyl (C=O) groups is 1. The highest BCUT2D eigenvalue weighted by Crippen LogP contribution is 2.37. The fraction of sp³-hybridized carbons (Fsp3) is 0.208. The fourth-order valence-electron chi connectivity index (χ4n) is 3.56. The molecular weight excluding hydrogens is 641 g/mol. The van der Waals surface area contributed by atoms with Crippen molar-refractivity contribution < 1.29 is 23.3 Å². The smallest absolute Gasteiger partial charge is 0.293 e. The Morgan fingerprint density at radius 2 is 2.17 bits per heavy atom. The number of amides is 1. The van der Waals surface area contributed by atoms with Gasteiger partial charge in [0, 0.05) is 11.5 Å². The Hall–Kier alpha value is -3.96. The average molecular weight is 663 g/mol. The average Bonchev–Trinajstić information content (AvgIpc) is 3.73. The number of nitrogen functional groups attached to an aromatic ring is 1. The van der Waals surface area contributed by atoms with E-state index in [9.17, 15) is 9.18 Å². The first-order valence-electron chi connectivity index (χ1n) is 11.8. The minimum absolute atomic E-state index is 0.00308. The molecular formula is C24H21BrFN9O4S2. The zero-order valence-corrected chi connectivity index (χ0v) is 24.5. The van der Waals surface area contributed by atoms with E-state index >= 15 is 0 Å². The van der Waals surface area contributed by atoms with Crippen LogP contribution in [-0.2, 0) is 12.4 Å². The zero-order valence-electron chi connectivity index (χ0n) is 21.3. The van der Waals surface area contributed by atoms with Gasteiger partial charge < -0.3 is 15.2 Å². The molecule has 0 spiro atoms. The topological polar surface area (TPSA) is 168 Å². The van der Waals surface area contributed by atoms with Crippen LogP contribution < -0.4 is 20.6 Å². The van der Waals surface area contributed by atoms with Gasteiger partial charge in [-0.3, -0.25) is 9.79 Å². The predicted molar refractivity (Wildman–Crippen MR) is 156 cm³/mol. The van der Waals surface area contributed by atoms with Gasteiger partial charge in [-0.25, -0.2) is 14.4 Å². The molecule has 3 N–H and O–H groups in total. The summed E-state index contributed by atoms with van der Waals surface area (Å²) in [4.78, 5) is 17.5. The number of nitrogens with two attached hydrogens (primary N) is 1. The largest absolute Gasteiger partial charge is 0.493 e. The molecule has 1 aliphatic heterocycles. The van der Waals surface area contributed by atoms with Crippen LogP contribution in [0, 0.1) is 5.82 Å². The van der Waals surface area contributed by atoms with E-state index in [1.54, 1.807) is 36.0 Å². The van der Waals surface area contributed by atoms with E-state index in [0.717, 1.165) is 22.2 Å². The molecule has 13 nitrogen and oxygen atoms in total. The molecule has 0 saturated carbocycles. The third-order valence-corrected chi connectivity index (χ3v) is 8.35. The second kappa shape index (κ2) is 13.1. The van der Waals surface area contributed by atoms with Crippen LogP contribution in [0.1, 0.15) is 27.3 Å². The van der Waals surface area contributed by atoms with Crippen LogP contribution in [0.2, 0.25) is 0 Å². The van der Waals surface area contributed by atoms with E-state index in [4.69, 9.17) is 15.2 Å². The maximum atomic E-state index is 13.2. The third kappa shape index (κ3) is 6.86. The van der Waals surface area contributed by atoms with E-state index in [1.165, 1.54) is 41.9 Å². The standard InChI is InChI=1S/C24H21BrFN9O4S2/c1-37-18-9-14(8-16(25)20(18)38-11-13-2-4-15(26)5-3-13)10-29-31-23(36)19-17(12-41-24-28-6-7-40-24)35(34-30-19)22-21(27)32-39-33-22/h2-5,8-10H,6-7,11-12H2,1H3,(H2,27,32)(H,31,36). The molecule has 41 heavy (non-hydrogen) atoms. The molecule has 212 valence electrons. The maximum absolute atomic E-state index is 13.2. The number of rotatable bonds is 10. The Labute approximate surface area is 249 Å². The number of aromatic nitrogens is 5. The summed E-state index contributed by atoms with van der Waals surface area (Å²) in [7, 11) is 1.50. The summed E-state index contributed by atoms with van der Waals surface area (Å²) in [6.45, 7) is 0.955. The number of nitrogens with zero attached hydrogens (tertiary/aromatic N) is 7. The Balaban J connectivity index is 1.30. The number of anilines is 1. The highest BCUT2D eigenvalue weighted by atomic mass is 79.9. The number of carbonyl (C=O) groups excluding carboxylic acids is 1. The number of halogens is 2. The lowest BCUT2D eigenvalue weighted by Gasteiger charge is -2.13. The Morgan fingerprint density at radius 1 is 1.34 bits per heavy atom. The van der Waals surface area contributed by atoms with Crippen LogP contribution in [0.5, 0.6) is 11.5 Å². The van der Waals surface area contributed by atoms with Crippen LogP contribution in [0.15, 0.2) is 55.6 Å². The Kier molecular flexibility index (Phi) is 9.15. The summed E-state index contributed by atoms with van der Waals surface area (Å²) in [5.74, 6) is 1.33. The molecule has 0 fully saturated rings. The van der Waals surface area contributed by atoms with Crippen molar-refractivity contribution in [1.82, 2.24) is 30.7 Å². The van der Waals surface area contributed by atoms with Crippen molar-refractivity contribution in [3.8, 4) is 17.3 Å². The zero-order chi connectivity index (χ0) is 28.8. The molecule has 3 heterocycles. The second-order valence-corrected chi connectivity index (χ2v) is 11.4. The van der Waals surface area contributed by atoms with Gasteiger partial charge in [0.2, 0.25) is 11.6 Å². The van der Waals surface area contributed by atoms with E-state index in [0.29, 0.717) is 33.0 Å². The molecule has 4 aromatic rings. The van der Waals surface area contributed by atoms with Crippen LogP contribution in [-0.4, -0.2) is 61.2 Å². The molecule has 17 heteroatoms. The Bertz CT molecular complexity index is 1610. The maximum Gasteiger partial charge on any atom is 0.293 e. The molecule has 0 aliphatic carbocycles. The van der Waals surface area contributed by atoms with Gasteiger partial charge in [0.05, 0.1) is 30.0 Å². The number of hydrogen-bond acceptors (Lipinski definition) is 13. The van der Waals surface area contributed by atoms with Crippen molar-refractivity contribution in [2.24, 2.45) is 10.1 Å². The predicted octanol–water partition coefficient (Wildman–Crippen LogP) is 3.82. The lowest BCUT2D eigenvalue weighted by Crippen LogP contribution is -2.20. The molecule has 0 saturated heterocycles. The summed E-state index contributed by atoms with van der Waals surface area (Å²) in [5, 5.41) is 19.5. The van der Waals surface area contributed by atoms with Gasteiger partial charge in [0.1, 0.15) is 16.8 Å². The molecule has 0 atom stereocenters. The minimum atomic E-state index is -0.593. The number of nitrogens with one attached hydrogen (secondary N) is 1. The van der Waals surface area contributed by atoms with Crippen molar-refractivity contribution in [3.05, 3.63) is 69.2 Å². The summed E-state index contributed by atoms with van der Waals surface area (Å²) >= 11 is 6.57. The number of hydrogen-bond donors (Lipinski definition) is 2. The fourth-order valence-corrected chi connectivity index (χ4v) is 6.13.